The molecule has 0 spiro atoms. The van der Waals surface area contributed by atoms with Crippen molar-refractivity contribution in [3.05, 3.63) is 29.6 Å². The molecule has 7 heteroatoms. The lowest BCUT2D eigenvalue weighted by Crippen LogP contribution is -2.50. The second kappa shape index (κ2) is 5.70. The summed E-state index contributed by atoms with van der Waals surface area (Å²) in [5.74, 6) is -3.01. The SMILES string of the molecule is Cc1cnccc1CN(C)C(=O)N[C@@H]1COCC1(F)F. The number of carbonyl (C=O) groups is 1. The van der Waals surface area contributed by atoms with Crippen LogP contribution in [0.2, 0.25) is 0 Å². The summed E-state index contributed by atoms with van der Waals surface area (Å²) in [6, 6.07) is -0.0146. The molecule has 0 radical (unpaired) electrons. The highest BCUT2D eigenvalue weighted by molar-refractivity contribution is 5.74. The van der Waals surface area contributed by atoms with Crippen LogP contribution in [0.3, 0.4) is 0 Å². The van der Waals surface area contributed by atoms with Gasteiger partial charge in [0.25, 0.3) is 5.92 Å². The fraction of sp³-hybridized carbons (Fsp3) is 0.538. The molecule has 2 amide bonds. The Morgan fingerprint density at radius 3 is 3.00 bits per heavy atom. The molecule has 0 unspecified atom stereocenters. The first-order valence-electron chi connectivity index (χ1n) is 6.27. The summed E-state index contributed by atoms with van der Waals surface area (Å²) in [7, 11) is 1.56. The number of alkyl halides is 2. The largest absolute Gasteiger partial charge is 0.373 e. The normalized spacial score (nSPS) is 20.7. The van der Waals surface area contributed by atoms with E-state index in [9.17, 15) is 13.6 Å². The van der Waals surface area contributed by atoms with Gasteiger partial charge in [-0.25, -0.2) is 13.6 Å². The number of nitrogens with one attached hydrogen (secondary N) is 1. The molecule has 0 bridgehead atoms. The minimum absolute atomic E-state index is 0.166. The van der Waals surface area contributed by atoms with Gasteiger partial charge in [-0.3, -0.25) is 4.98 Å². The first-order valence-corrected chi connectivity index (χ1v) is 6.27. The van der Waals surface area contributed by atoms with Gasteiger partial charge >= 0.3 is 6.03 Å². The van der Waals surface area contributed by atoms with Gasteiger partial charge in [0.05, 0.1) is 6.61 Å². The molecule has 1 aromatic rings. The quantitative estimate of drug-likeness (QED) is 0.917. The van der Waals surface area contributed by atoms with E-state index in [1.165, 1.54) is 4.90 Å². The Morgan fingerprint density at radius 2 is 2.40 bits per heavy atom. The number of halogens is 2. The van der Waals surface area contributed by atoms with E-state index >= 15 is 0 Å². The molecule has 1 N–H and O–H groups in total. The van der Waals surface area contributed by atoms with Crippen molar-refractivity contribution in [2.75, 3.05) is 20.3 Å². The van der Waals surface area contributed by atoms with E-state index in [4.69, 9.17) is 4.74 Å². The van der Waals surface area contributed by atoms with Crippen LogP contribution in [0.15, 0.2) is 18.5 Å². The predicted octanol–water partition coefficient (Wildman–Crippen LogP) is 1.57. The van der Waals surface area contributed by atoms with Crippen LogP contribution in [0.25, 0.3) is 0 Å². The number of aryl methyl sites for hydroxylation is 1. The lowest BCUT2D eigenvalue weighted by atomic mass is 10.1. The molecule has 1 fully saturated rings. The highest BCUT2D eigenvalue weighted by Gasteiger charge is 2.46. The Bertz CT molecular complexity index is 496. The molecule has 1 saturated heterocycles. The minimum Gasteiger partial charge on any atom is -0.373 e. The Labute approximate surface area is 115 Å². The summed E-state index contributed by atoms with van der Waals surface area (Å²) >= 11 is 0. The molecule has 1 aliphatic heterocycles. The van der Waals surface area contributed by atoms with Gasteiger partial charge in [-0.1, -0.05) is 0 Å². The lowest BCUT2D eigenvalue weighted by molar-refractivity contribution is -0.0222. The third kappa shape index (κ3) is 3.22. The van der Waals surface area contributed by atoms with Crippen LogP contribution in [-0.4, -0.2) is 48.1 Å². The topological polar surface area (TPSA) is 54.5 Å². The standard InChI is InChI=1S/C13H17F2N3O2/c1-9-5-16-4-3-10(9)6-18(2)12(19)17-11-7-20-8-13(11,14)15/h3-5,11H,6-8H2,1-2H3,(H,17,19)/t11-/m1/s1. The van der Waals surface area contributed by atoms with Crippen molar-refractivity contribution >= 4 is 6.03 Å². The smallest absolute Gasteiger partial charge is 0.317 e. The van der Waals surface area contributed by atoms with E-state index in [1.54, 1.807) is 25.5 Å². The average molecular weight is 285 g/mol. The van der Waals surface area contributed by atoms with Gasteiger partial charge in [0.2, 0.25) is 0 Å². The summed E-state index contributed by atoms with van der Waals surface area (Å²) in [6.45, 7) is 1.40. The van der Waals surface area contributed by atoms with Crippen LogP contribution in [0.5, 0.6) is 0 Å². The number of amides is 2. The van der Waals surface area contributed by atoms with Gasteiger partial charge in [-0.15, -0.1) is 0 Å². The zero-order chi connectivity index (χ0) is 14.8. The molecule has 0 aliphatic carbocycles. The molecule has 20 heavy (non-hydrogen) atoms. The Hall–Kier alpha value is -1.76. The van der Waals surface area contributed by atoms with Crippen molar-refractivity contribution in [1.29, 1.82) is 0 Å². The van der Waals surface area contributed by atoms with E-state index < -0.39 is 24.6 Å². The molecule has 2 heterocycles. The number of rotatable bonds is 3. The molecule has 2 rings (SSSR count). The van der Waals surface area contributed by atoms with Gasteiger partial charge in [0, 0.05) is 26.0 Å². The highest BCUT2D eigenvalue weighted by atomic mass is 19.3. The first kappa shape index (κ1) is 14.6. The van der Waals surface area contributed by atoms with Crippen molar-refractivity contribution in [3.8, 4) is 0 Å². The number of urea groups is 1. The van der Waals surface area contributed by atoms with Gasteiger partial charge in [0.1, 0.15) is 12.6 Å². The Kier molecular flexibility index (Phi) is 4.17. The molecular weight excluding hydrogens is 268 g/mol. The van der Waals surface area contributed by atoms with E-state index in [-0.39, 0.29) is 6.61 Å². The van der Waals surface area contributed by atoms with Crippen LogP contribution in [0.1, 0.15) is 11.1 Å². The second-order valence-electron chi connectivity index (χ2n) is 4.94. The number of aromatic nitrogens is 1. The summed E-state index contributed by atoms with van der Waals surface area (Å²) < 4.78 is 31.4. The van der Waals surface area contributed by atoms with Crippen LogP contribution < -0.4 is 5.32 Å². The van der Waals surface area contributed by atoms with Crippen LogP contribution in [-0.2, 0) is 11.3 Å². The number of ether oxygens (including phenoxy) is 1. The van der Waals surface area contributed by atoms with Crippen molar-refractivity contribution in [2.45, 2.75) is 25.4 Å². The average Bonchev–Trinajstić information content (AvgIpc) is 2.71. The third-order valence-electron chi connectivity index (χ3n) is 3.28. The van der Waals surface area contributed by atoms with Gasteiger partial charge in [-0.05, 0) is 24.1 Å². The molecule has 110 valence electrons. The minimum atomic E-state index is -3.01. The summed E-state index contributed by atoms with van der Waals surface area (Å²) in [5, 5.41) is 2.30. The van der Waals surface area contributed by atoms with Gasteiger partial charge in [-0.2, -0.15) is 0 Å². The highest BCUT2D eigenvalue weighted by Crippen LogP contribution is 2.25. The zero-order valence-corrected chi connectivity index (χ0v) is 11.4. The van der Waals surface area contributed by atoms with Crippen LogP contribution in [0.4, 0.5) is 13.6 Å². The molecular formula is C13H17F2N3O2. The number of nitrogens with zero attached hydrogens (tertiary/aromatic N) is 2. The van der Waals surface area contributed by atoms with Crippen LogP contribution in [0, 0.1) is 6.92 Å². The van der Waals surface area contributed by atoms with Crippen LogP contribution >= 0.6 is 0 Å². The summed E-state index contributed by atoms with van der Waals surface area (Å²) in [4.78, 5) is 17.2. The second-order valence-corrected chi connectivity index (χ2v) is 4.94. The van der Waals surface area contributed by atoms with E-state index in [1.807, 2.05) is 6.92 Å². The van der Waals surface area contributed by atoms with Crippen molar-refractivity contribution in [3.63, 3.8) is 0 Å². The van der Waals surface area contributed by atoms with Gasteiger partial charge in [0.15, 0.2) is 0 Å². The van der Waals surface area contributed by atoms with E-state index in [2.05, 4.69) is 10.3 Å². The molecule has 5 nitrogen and oxygen atoms in total. The monoisotopic (exact) mass is 285 g/mol. The fourth-order valence-corrected chi connectivity index (χ4v) is 1.95. The number of pyridine rings is 1. The fourth-order valence-electron chi connectivity index (χ4n) is 1.95. The van der Waals surface area contributed by atoms with Crippen molar-refractivity contribution in [2.24, 2.45) is 0 Å². The summed E-state index contributed by atoms with van der Waals surface area (Å²) in [6.07, 6.45) is 3.33. The molecule has 0 saturated carbocycles. The maximum absolute atomic E-state index is 13.4. The number of carbonyl (C=O) groups excluding carboxylic acids is 1. The van der Waals surface area contributed by atoms with Gasteiger partial charge < -0.3 is 15.0 Å². The first-order chi connectivity index (χ1) is 9.40. The van der Waals surface area contributed by atoms with E-state index in [0.29, 0.717) is 6.54 Å². The molecule has 1 aliphatic rings. The molecule has 1 aromatic heterocycles. The number of hydrogen-bond donors (Lipinski definition) is 1. The maximum Gasteiger partial charge on any atom is 0.317 e. The van der Waals surface area contributed by atoms with Crippen molar-refractivity contribution < 1.29 is 18.3 Å². The van der Waals surface area contributed by atoms with Crippen molar-refractivity contribution in [1.82, 2.24) is 15.2 Å². The molecule has 1 atom stereocenters. The lowest BCUT2D eigenvalue weighted by Gasteiger charge is -2.23. The Morgan fingerprint density at radius 1 is 1.65 bits per heavy atom. The number of hydrogen-bond acceptors (Lipinski definition) is 3. The third-order valence-corrected chi connectivity index (χ3v) is 3.28. The maximum atomic E-state index is 13.4. The predicted molar refractivity (Wildman–Crippen MR) is 68.5 cm³/mol. The Balaban J connectivity index is 1.94. The molecule has 0 aromatic carbocycles. The van der Waals surface area contributed by atoms with E-state index in [0.717, 1.165) is 11.1 Å². The zero-order valence-electron chi connectivity index (χ0n) is 11.4. The summed E-state index contributed by atoms with van der Waals surface area (Å²) in [5.41, 5.74) is 1.87.